The molecule has 0 aromatic heterocycles. The van der Waals surface area contributed by atoms with Gasteiger partial charge in [0.25, 0.3) is 0 Å². The minimum atomic E-state index is 0.785. The van der Waals surface area contributed by atoms with Crippen LogP contribution in [-0.2, 0) is 0 Å². The van der Waals surface area contributed by atoms with Gasteiger partial charge in [-0.3, -0.25) is 0 Å². The van der Waals surface area contributed by atoms with Crippen molar-refractivity contribution in [3.8, 4) is 0 Å². The highest BCUT2D eigenvalue weighted by Gasteiger charge is 2.25. The monoisotopic (exact) mass is 169 g/mol. The summed E-state index contributed by atoms with van der Waals surface area (Å²) in [6.07, 6.45) is 4.25. The Kier molecular flexibility index (Phi) is 3.57. The predicted octanol–water partition coefficient (Wildman–Crippen LogP) is 2.76. The van der Waals surface area contributed by atoms with Crippen molar-refractivity contribution in [3.63, 3.8) is 0 Å². The molecule has 1 nitrogen and oxygen atoms in total. The Hall–Kier alpha value is -0.0400. The molecule has 1 fully saturated rings. The molecule has 0 aliphatic carbocycles. The Morgan fingerprint density at radius 3 is 2.50 bits per heavy atom. The quantitative estimate of drug-likeness (QED) is 0.583. The van der Waals surface area contributed by atoms with Crippen molar-refractivity contribution in [1.82, 2.24) is 4.90 Å². The minimum Gasteiger partial charge on any atom is -0.303 e. The van der Waals surface area contributed by atoms with Gasteiger partial charge in [-0.2, -0.15) is 0 Å². The van der Waals surface area contributed by atoms with E-state index in [1.165, 1.54) is 25.8 Å². The van der Waals surface area contributed by atoms with Crippen molar-refractivity contribution in [3.05, 3.63) is 0 Å². The molecular formula is C11H23N. The maximum absolute atomic E-state index is 2.53. The third-order valence-corrected chi connectivity index (χ3v) is 3.47. The van der Waals surface area contributed by atoms with E-state index < -0.39 is 0 Å². The summed E-state index contributed by atoms with van der Waals surface area (Å²) >= 11 is 0. The lowest BCUT2D eigenvalue weighted by Crippen LogP contribution is -2.36. The summed E-state index contributed by atoms with van der Waals surface area (Å²) in [7, 11) is 2.27. The molecule has 0 bridgehead atoms. The fourth-order valence-corrected chi connectivity index (χ4v) is 2.40. The van der Waals surface area contributed by atoms with E-state index in [1.807, 2.05) is 0 Å². The smallest absolute Gasteiger partial charge is 0.00945 e. The first-order valence-corrected chi connectivity index (χ1v) is 5.33. The van der Waals surface area contributed by atoms with Crippen molar-refractivity contribution < 1.29 is 0 Å². The van der Waals surface area contributed by atoms with Crippen LogP contribution in [0.5, 0.6) is 0 Å². The van der Waals surface area contributed by atoms with Crippen LogP contribution in [0.2, 0.25) is 0 Å². The lowest BCUT2D eigenvalue weighted by atomic mass is 9.86. The molecule has 72 valence electrons. The largest absolute Gasteiger partial charge is 0.303 e. The minimum absolute atomic E-state index is 0.785. The summed E-state index contributed by atoms with van der Waals surface area (Å²) in [5, 5.41) is 0. The summed E-state index contributed by atoms with van der Waals surface area (Å²) in [5.74, 6) is 1.76. The van der Waals surface area contributed by atoms with Gasteiger partial charge in [0, 0.05) is 6.04 Å². The van der Waals surface area contributed by atoms with E-state index in [9.17, 15) is 0 Å². The van der Waals surface area contributed by atoms with E-state index in [1.54, 1.807) is 0 Å². The first kappa shape index (κ1) is 10.0. The third-order valence-electron chi connectivity index (χ3n) is 3.47. The maximum atomic E-state index is 2.53. The Balaban J connectivity index is 2.58. The predicted molar refractivity (Wildman–Crippen MR) is 54.3 cm³/mol. The fourth-order valence-electron chi connectivity index (χ4n) is 2.40. The second-order valence-electron chi connectivity index (χ2n) is 4.62. The highest BCUT2D eigenvalue weighted by Crippen LogP contribution is 2.27. The molecule has 1 heterocycles. The number of hydrogen-bond acceptors (Lipinski definition) is 1. The van der Waals surface area contributed by atoms with E-state index in [4.69, 9.17) is 0 Å². The lowest BCUT2D eigenvalue weighted by Gasteiger charge is -2.31. The van der Waals surface area contributed by atoms with Crippen LogP contribution in [0.25, 0.3) is 0 Å². The molecule has 1 heteroatoms. The summed E-state index contributed by atoms with van der Waals surface area (Å²) in [5.41, 5.74) is 0. The van der Waals surface area contributed by atoms with Gasteiger partial charge in [0.2, 0.25) is 0 Å². The molecule has 0 saturated carbocycles. The van der Waals surface area contributed by atoms with Gasteiger partial charge in [0.15, 0.2) is 0 Å². The molecule has 0 aromatic carbocycles. The van der Waals surface area contributed by atoms with Crippen LogP contribution < -0.4 is 0 Å². The summed E-state index contributed by atoms with van der Waals surface area (Å²) < 4.78 is 0. The number of hydrogen-bond donors (Lipinski definition) is 0. The van der Waals surface area contributed by atoms with Crippen LogP contribution >= 0.6 is 0 Å². The van der Waals surface area contributed by atoms with Crippen LogP contribution in [0.15, 0.2) is 0 Å². The van der Waals surface area contributed by atoms with E-state index in [0.717, 1.165) is 17.9 Å². The SMILES string of the molecule is CC(C)C1CCCCN(C)C1C. The van der Waals surface area contributed by atoms with E-state index in [2.05, 4.69) is 32.7 Å². The third kappa shape index (κ3) is 2.22. The fraction of sp³-hybridized carbons (Fsp3) is 1.00. The van der Waals surface area contributed by atoms with Gasteiger partial charge >= 0.3 is 0 Å². The van der Waals surface area contributed by atoms with Crippen LogP contribution in [-0.4, -0.2) is 24.5 Å². The molecule has 1 aliphatic rings. The van der Waals surface area contributed by atoms with Crippen LogP contribution in [0.3, 0.4) is 0 Å². The van der Waals surface area contributed by atoms with Gasteiger partial charge < -0.3 is 4.90 Å². The molecule has 2 atom stereocenters. The topological polar surface area (TPSA) is 3.24 Å². The zero-order valence-electron chi connectivity index (χ0n) is 9.01. The zero-order valence-corrected chi connectivity index (χ0v) is 9.01. The summed E-state index contributed by atoms with van der Waals surface area (Å²) in [6, 6.07) is 0.785. The number of rotatable bonds is 1. The Morgan fingerprint density at radius 2 is 1.92 bits per heavy atom. The second kappa shape index (κ2) is 4.27. The van der Waals surface area contributed by atoms with Gasteiger partial charge in [-0.25, -0.2) is 0 Å². The molecule has 1 rings (SSSR count). The number of nitrogens with zero attached hydrogens (tertiary/aromatic N) is 1. The number of likely N-dealkylation sites (tertiary alicyclic amines) is 1. The van der Waals surface area contributed by atoms with Gasteiger partial charge in [-0.05, 0) is 45.2 Å². The van der Waals surface area contributed by atoms with Crippen LogP contribution in [0.4, 0.5) is 0 Å². The van der Waals surface area contributed by atoms with Crippen molar-refractivity contribution in [1.29, 1.82) is 0 Å². The highest BCUT2D eigenvalue weighted by atomic mass is 15.1. The van der Waals surface area contributed by atoms with Gasteiger partial charge in [-0.15, -0.1) is 0 Å². The summed E-state index contributed by atoms with van der Waals surface area (Å²) in [6.45, 7) is 8.40. The first-order chi connectivity index (χ1) is 5.63. The molecule has 12 heavy (non-hydrogen) atoms. The first-order valence-electron chi connectivity index (χ1n) is 5.33. The second-order valence-corrected chi connectivity index (χ2v) is 4.62. The zero-order chi connectivity index (χ0) is 9.14. The van der Waals surface area contributed by atoms with Gasteiger partial charge in [0.05, 0.1) is 0 Å². The van der Waals surface area contributed by atoms with Crippen molar-refractivity contribution in [2.45, 2.75) is 46.1 Å². The van der Waals surface area contributed by atoms with Crippen molar-refractivity contribution in [2.24, 2.45) is 11.8 Å². The molecule has 0 amide bonds. The molecular weight excluding hydrogens is 146 g/mol. The standard InChI is InChI=1S/C11H23N/c1-9(2)11-7-5-6-8-12(4)10(11)3/h9-11H,5-8H2,1-4H3. The maximum Gasteiger partial charge on any atom is 0.00945 e. The average molecular weight is 169 g/mol. The molecule has 0 N–H and O–H groups in total. The highest BCUT2D eigenvalue weighted by molar-refractivity contribution is 4.79. The van der Waals surface area contributed by atoms with Gasteiger partial charge in [-0.1, -0.05) is 20.3 Å². The molecule has 1 aliphatic heterocycles. The normalized spacial score (nSPS) is 33.8. The molecule has 0 radical (unpaired) electrons. The Morgan fingerprint density at radius 1 is 1.25 bits per heavy atom. The Labute approximate surface area is 77.1 Å². The molecule has 0 aromatic rings. The molecule has 2 unspecified atom stereocenters. The average Bonchev–Trinajstić information content (AvgIpc) is 2.15. The van der Waals surface area contributed by atoms with E-state index in [0.29, 0.717) is 0 Å². The van der Waals surface area contributed by atoms with E-state index in [-0.39, 0.29) is 0 Å². The van der Waals surface area contributed by atoms with E-state index >= 15 is 0 Å². The Bertz CT molecular complexity index is 131. The molecule has 0 spiro atoms. The van der Waals surface area contributed by atoms with Gasteiger partial charge in [0.1, 0.15) is 0 Å². The molecule has 1 saturated heterocycles. The van der Waals surface area contributed by atoms with Crippen molar-refractivity contribution >= 4 is 0 Å². The lowest BCUT2D eigenvalue weighted by molar-refractivity contribution is 0.172. The van der Waals surface area contributed by atoms with Crippen LogP contribution in [0.1, 0.15) is 40.0 Å². The van der Waals surface area contributed by atoms with Crippen molar-refractivity contribution in [2.75, 3.05) is 13.6 Å². The summed E-state index contributed by atoms with van der Waals surface area (Å²) in [4.78, 5) is 2.53. The van der Waals surface area contributed by atoms with Crippen LogP contribution in [0, 0.1) is 11.8 Å².